The van der Waals surface area contributed by atoms with E-state index in [0.717, 1.165) is 16.9 Å². The molecule has 0 unspecified atom stereocenters. The predicted molar refractivity (Wildman–Crippen MR) is 78.6 cm³/mol. The third-order valence-electron chi connectivity index (χ3n) is 2.94. The maximum absolute atomic E-state index is 5.97. The largest absolute Gasteiger partial charge is 0.497 e. The molecule has 0 saturated heterocycles. The Morgan fingerprint density at radius 1 is 1.05 bits per heavy atom. The molecular formula is C16H18N2O. The summed E-state index contributed by atoms with van der Waals surface area (Å²) in [5.74, 6) is 1.41. The van der Waals surface area contributed by atoms with E-state index < -0.39 is 0 Å². The molecule has 0 aliphatic rings. The summed E-state index contributed by atoms with van der Waals surface area (Å²) in [6.07, 6.45) is 0. The lowest BCUT2D eigenvalue weighted by atomic mass is 10.1. The van der Waals surface area contributed by atoms with Crippen molar-refractivity contribution in [2.45, 2.75) is 13.5 Å². The summed E-state index contributed by atoms with van der Waals surface area (Å²) in [6.45, 7) is 2.62. The number of rotatable bonds is 4. The number of amidine groups is 1. The van der Waals surface area contributed by atoms with Crippen LogP contribution in [0.25, 0.3) is 0 Å². The van der Waals surface area contributed by atoms with E-state index in [-0.39, 0.29) is 0 Å². The van der Waals surface area contributed by atoms with Crippen molar-refractivity contribution >= 4 is 5.84 Å². The molecule has 0 radical (unpaired) electrons. The van der Waals surface area contributed by atoms with Crippen LogP contribution in [0.3, 0.4) is 0 Å². The first-order valence-electron chi connectivity index (χ1n) is 6.19. The van der Waals surface area contributed by atoms with Gasteiger partial charge in [0.1, 0.15) is 11.6 Å². The Bertz CT molecular complexity index is 556. The molecule has 3 heteroatoms. The summed E-state index contributed by atoms with van der Waals surface area (Å²) in [6, 6.07) is 15.9. The van der Waals surface area contributed by atoms with Gasteiger partial charge in [0.05, 0.1) is 13.7 Å². The molecule has 0 bridgehead atoms. The normalized spacial score (nSPS) is 11.4. The average Bonchev–Trinajstić information content (AvgIpc) is 2.46. The first kappa shape index (κ1) is 13.1. The van der Waals surface area contributed by atoms with Gasteiger partial charge in [-0.2, -0.15) is 0 Å². The Balaban J connectivity index is 2.06. The minimum absolute atomic E-state index is 0.566. The average molecular weight is 254 g/mol. The highest BCUT2D eigenvalue weighted by Crippen LogP contribution is 2.12. The molecular weight excluding hydrogens is 236 g/mol. The molecule has 2 N–H and O–H groups in total. The smallest absolute Gasteiger partial charge is 0.125 e. The van der Waals surface area contributed by atoms with Crippen LogP contribution in [0.2, 0.25) is 0 Å². The number of hydrogen-bond donors (Lipinski definition) is 1. The van der Waals surface area contributed by atoms with Gasteiger partial charge >= 0.3 is 0 Å². The minimum Gasteiger partial charge on any atom is -0.497 e. The molecule has 0 amide bonds. The molecule has 0 heterocycles. The first-order chi connectivity index (χ1) is 9.19. The molecule has 0 saturated carbocycles. The van der Waals surface area contributed by atoms with Gasteiger partial charge in [-0.1, -0.05) is 42.0 Å². The highest BCUT2D eigenvalue weighted by Gasteiger charge is 1.98. The summed E-state index contributed by atoms with van der Waals surface area (Å²) in [7, 11) is 1.66. The van der Waals surface area contributed by atoms with Crippen molar-refractivity contribution in [1.82, 2.24) is 0 Å². The van der Waals surface area contributed by atoms with Crippen LogP contribution in [-0.2, 0) is 6.54 Å². The molecule has 98 valence electrons. The van der Waals surface area contributed by atoms with Crippen molar-refractivity contribution < 1.29 is 4.74 Å². The van der Waals surface area contributed by atoms with E-state index in [1.807, 2.05) is 48.5 Å². The van der Waals surface area contributed by atoms with Crippen LogP contribution in [0.15, 0.2) is 53.5 Å². The molecule has 0 aliphatic carbocycles. The Labute approximate surface area is 113 Å². The molecule has 0 atom stereocenters. The highest BCUT2D eigenvalue weighted by atomic mass is 16.5. The Hall–Kier alpha value is -2.29. The van der Waals surface area contributed by atoms with E-state index >= 15 is 0 Å². The fourth-order valence-corrected chi connectivity index (χ4v) is 1.72. The number of ether oxygens (including phenoxy) is 1. The van der Waals surface area contributed by atoms with Gasteiger partial charge in [0.2, 0.25) is 0 Å². The van der Waals surface area contributed by atoms with Gasteiger partial charge in [-0.25, -0.2) is 0 Å². The quantitative estimate of drug-likeness (QED) is 0.673. The molecule has 0 fully saturated rings. The predicted octanol–water partition coefficient (Wildman–Crippen LogP) is 2.91. The fourth-order valence-electron chi connectivity index (χ4n) is 1.72. The van der Waals surface area contributed by atoms with Crippen molar-refractivity contribution in [3.05, 3.63) is 65.2 Å². The Kier molecular flexibility index (Phi) is 4.18. The standard InChI is InChI=1S/C16H18N2O/c1-12-3-7-14(8-4-12)16(17)18-11-13-5-9-15(19-2)10-6-13/h3-10H,11H2,1-2H3,(H2,17,18). The molecule has 0 aromatic heterocycles. The first-order valence-corrected chi connectivity index (χ1v) is 6.19. The second kappa shape index (κ2) is 6.05. The SMILES string of the molecule is COc1ccc(CN=C(N)c2ccc(C)cc2)cc1. The second-order valence-corrected chi connectivity index (χ2v) is 4.42. The van der Waals surface area contributed by atoms with Crippen LogP contribution >= 0.6 is 0 Å². The summed E-state index contributed by atoms with van der Waals surface area (Å²) >= 11 is 0. The van der Waals surface area contributed by atoms with Crippen molar-refractivity contribution in [2.75, 3.05) is 7.11 Å². The summed E-state index contributed by atoms with van der Waals surface area (Å²) in [5.41, 5.74) is 9.25. The molecule has 2 aromatic rings. The molecule has 0 aliphatic heterocycles. The summed E-state index contributed by atoms with van der Waals surface area (Å²) < 4.78 is 5.11. The molecule has 19 heavy (non-hydrogen) atoms. The van der Waals surface area contributed by atoms with Gasteiger partial charge in [-0.3, -0.25) is 4.99 Å². The van der Waals surface area contributed by atoms with Gasteiger partial charge < -0.3 is 10.5 Å². The van der Waals surface area contributed by atoms with Crippen molar-refractivity contribution in [3.63, 3.8) is 0 Å². The zero-order valence-corrected chi connectivity index (χ0v) is 11.3. The van der Waals surface area contributed by atoms with Crippen molar-refractivity contribution in [2.24, 2.45) is 10.7 Å². The molecule has 2 aromatic carbocycles. The lowest BCUT2D eigenvalue weighted by molar-refractivity contribution is 0.414. The second-order valence-electron chi connectivity index (χ2n) is 4.42. The van der Waals surface area contributed by atoms with E-state index in [4.69, 9.17) is 10.5 Å². The summed E-state index contributed by atoms with van der Waals surface area (Å²) in [4.78, 5) is 4.40. The van der Waals surface area contributed by atoms with Crippen LogP contribution < -0.4 is 10.5 Å². The van der Waals surface area contributed by atoms with Crippen LogP contribution in [0.4, 0.5) is 0 Å². The van der Waals surface area contributed by atoms with E-state index in [1.165, 1.54) is 5.56 Å². The number of benzene rings is 2. The summed E-state index contributed by atoms with van der Waals surface area (Å²) in [5, 5.41) is 0. The third kappa shape index (κ3) is 3.58. The molecule has 0 spiro atoms. The zero-order valence-electron chi connectivity index (χ0n) is 11.3. The maximum atomic E-state index is 5.97. The highest BCUT2D eigenvalue weighted by molar-refractivity contribution is 5.97. The number of aryl methyl sites for hydroxylation is 1. The minimum atomic E-state index is 0.566. The fraction of sp³-hybridized carbons (Fsp3) is 0.188. The Morgan fingerprint density at radius 2 is 1.68 bits per heavy atom. The number of nitrogens with two attached hydrogens (primary N) is 1. The van der Waals surface area contributed by atoms with Gasteiger partial charge in [0.25, 0.3) is 0 Å². The van der Waals surface area contributed by atoms with Gasteiger partial charge in [-0.05, 0) is 24.6 Å². The van der Waals surface area contributed by atoms with E-state index in [1.54, 1.807) is 7.11 Å². The van der Waals surface area contributed by atoms with Gasteiger partial charge in [0.15, 0.2) is 0 Å². The zero-order chi connectivity index (χ0) is 13.7. The van der Waals surface area contributed by atoms with E-state index in [9.17, 15) is 0 Å². The number of aliphatic imine (C=N–C) groups is 1. The lowest BCUT2D eigenvalue weighted by Crippen LogP contribution is -2.13. The molecule has 3 nitrogen and oxygen atoms in total. The number of hydrogen-bond acceptors (Lipinski definition) is 2. The monoisotopic (exact) mass is 254 g/mol. The van der Waals surface area contributed by atoms with Crippen LogP contribution in [0, 0.1) is 6.92 Å². The van der Waals surface area contributed by atoms with Crippen molar-refractivity contribution in [1.29, 1.82) is 0 Å². The lowest BCUT2D eigenvalue weighted by Gasteiger charge is -2.03. The topological polar surface area (TPSA) is 47.6 Å². The third-order valence-corrected chi connectivity index (χ3v) is 2.94. The van der Waals surface area contributed by atoms with Gasteiger partial charge in [-0.15, -0.1) is 0 Å². The van der Waals surface area contributed by atoms with E-state index in [0.29, 0.717) is 12.4 Å². The number of nitrogens with zero attached hydrogens (tertiary/aromatic N) is 1. The number of methoxy groups -OCH3 is 1. The van der Waals surface area contributed by atoms with Crippen LogP contribution in [0.1, 0.15) is 16.7 Å². The van der Waals surface area contributed by atoms with Crippen LogP contribution in [-0.4, -0.2) is 12.9 Å². The van der Waals surface area contributed by atoms with Gasteiger partial charge in [0, 0.05) is 5.56 Å². The van der Waals surface area contributed by atoms with E-state index in [2.05, 4.69) is 11.9 Å². The van der Waals surface area contributed by atoms with Crippen LogP contribution in [0.5, 0.6) is 5.75 Å². The molecule has 2 rings (SSSR count). The maximum Gasteiger partial charge on any atom is 0.125 e. The van der Waals surface area contributed by atoms with Crippen molar-refractivity contribution in [3.8, 4) is 5.75 Å². The Morgan fingerprint density at radius 3 is 2.26 bits per heavy atom.